The first kappa shape index (κ1) is 31.8. The van der Waals surface area contributed by atoms with Gasteiger partial charge in [0, 0.05) is 64.4 Å². The van der Waals surface area contributed by atoms with Crippen molar-refractivity contribution in [2.24, 2.45) is 0 Å². The molecule has 0 unspecified atom stereocenters. The van der Waals surface area contributed by atoms with Gasteiger partial charge in [-0.3, -0.25) is 30.3 Å². The van der Waals surface area contributed by atoms with Crippen LogP contribution < -0.4 is 9.80 Å². The topological polar surface area (TPSA) is 83.5 Å². The summed E-state index contributed by atoms with van der Waals surface area (Å²) in [4.78, 5) is 35.1. The number of carbonyl (C=O) groups excluding carboxylic acids is 3. The molecule has 146 valence electrons. The number of nitrogens with zero attached hydrogens (tertiary/aromatic N) is 4. The maximum atomic E-state index is 7.75. The molecule has 0 aliphatic carbocycles. The summed E-state index contributed by atoms with van der Waals surface area (Å²) in [6.07, 6.45) is 7.15. The average molecular weight is 598 g/mol. The predicted molar refractivity (Wildman–Crippen MR) is 106 cm³/mol. The van der Waals surface area contributed by atoms with E-state index in [1.807, 2.05) is 62.3 Å². The molecule has 0 spiro atoms. The fraction of sp³-hybridized carbons (Fsp3) is 0.235. The number of anilines is 2. The van der Waals surface area contributed by atoms with Gasteiger partial charge in [0.25, 0.3) is 0 Å². The first-order chi connectivity index (χ1) is 12.6. The third-order valence-electron chi connectivity index (χ3n) is 2.36. The van der Waals surface area contributed by atoms with Gasteiger partial charge in [-0.25, -0.2) is 0 Å². The van der Waals surface area contributed by atoms with Crippen LogP contribution in [-0.2, 0) is 31.6 Å². The molecule has 0 aromatic carbocycles. The molecule has 0 saturated heterocycles. The molecule has 2 aromatic heterocycles. The van der Waals surface area contributed by atoms with Crippen molar-refractivity contribution < 1.29 is 31.6 Å². The molecule has 7 nitrogen and oxygen atoms in total. The fourth-order valence-corrected chi connectivity index (χ4v) is 1.28. The van der Waals surface area contributed by atoms with Gasteiger partial charge < -0.3 is 24.2 Å². The second-order valence-corrected chi connectivity index (χ2v) is 4.20. The van der Waals surface area contributed by atoms with Gasteiger partial charge in [-0.2, -0.15) is 0 Å². The summed E-state index contributed by atoms with van der Waals surface area (Å²) in [7, 11) is 8.04. The van der Waals surface area contributed by atoms with E-state index in [0.29, 0.717) is 0 Å². The maximum absolute atomic E-state index is 7.75. The van der Waals surface area contributed by atoms with Crippen LogP contribution in [0.5, 0.6) is 0 Å². The molecule has 0 N–H and O–H groups in total. The molecule has 9 heteroatoms. The second kappa shape index (κ2) is 27.9. The Morgan fingerprint density at radius 3 is 0.962 bits per heavy atom. The Labute approximate surface area is 173 Å². The fourth-order valence-electron chi connectivity index (χ4n) is 1.28. The summed E-state index contributed by atoms with van der Waals surface area (Å²) in [5.41, 5.74) is 2.37. The minimum absolute atomic E-state index is 1.19. The number of aromatic nitrogens is 2. The van der Waals surface area contributed by atoms with E-state index in [1.165, 1.54) is 28.6 Å². The van der Waals surface area contributed by atoms with Crippen molar-refractivity contribution in [2.45, 2.75) is 0 Å². The van der Waals surface area contributed by atoms with Crippen LogP contribution in [0.3, 0.4) is 0 Å². The van der Waals surface area contributed by atoms with E-state index in [-0.39, 0.29) is 0 Å². The standard InChI is InChI=1S/2C7H10N2.3CHO.BrH.Re/c2*1-9(2)7-3-5-8-6-4-7;3*1-2;;/h2*3-6H,1-2H3;3*1H;1H;/q;;3*-1;;+1/p-1. The summed E-state index contributed by atoms with van der Waals surface area (Å²) in [6.45, 7) is 9.75. The van der Waals surface area contributed by atoms with E-state index in [4.69, 9.17) is 14.4 Å². The van der Waals surface area contributed by atoms with E-state index in [0.717, 1.165) is 0 Å². The van der Waals surface area contributed by atoms with E-state index >= 15 is 0 Å². The van der Waals surface area contributed by atoms with Crippen molar-refractivity contribution in [3.63, 3.8) is 0 Å². The molecular weight excluding hydrogens is 574 g/mol. The first-order valence-electron chi connectivity index (χ1n) is 6.61. The van der Waals surface area contributed by atoms with Crippen LogP contribution in [0.4, 0.5) is 11.4 Å². The third-order valence-corrected chi connectivity index (χ3v) is 2.36. The normalized spacial score (nSPS) is 7.00. The second-order valence-electron chi connectivity index (χ2n) is 4.20. The van der Waals surface area contributed by atoms with Crippen LogP contribution in [0, 0.1) is 0 Å². The molecule has 0 saturated carbocycles. The molecule has 2 heterocycles. The van der Waals surface area contributed by atoms with Crippen LogP contribution in [0.15, 0.2) is 49.1 Å². The van der Waals surface area contributed by atoms with Gasteiger partial charge in [0.2, 0.25) is 0 Å². The van der Waals surface area contributed by atoms with Crippen LogP contribution in [0.2, 0.25) is 0 Å². The average Bonchev–Trinajstić information content (AvgIpc) is 2.75. The van der Waals surface area contributed by atoms with Crippen molar-refractivity contribution in [2.75, 3.05) is 38.0 Å². The smallest absolute Gasteiger partial charge is 0.282 e. The van der Waals surface area contributed by atoms with Crippen molar-refractivity contribution in [1.82, 2.24) is 9.97 Å². The largest absolute Gasteiger partial charge is 0.545 e. The predicted octanol–water partition coefficient (Wildman–Crippen LogP) is 2.32. The Bertz CT molecular complexity index is 446. The molecule has 2 rings (SSSR count). The van der Waals surface area contributed by atoms with Gasteiger partial charge in [0.1, 0.15) is 0 Å². The Hall–Kier alpha value is -1.95. The SMILES string of the molecule is CN(C)c1ccncc1.CN(C)c1ccncc1.[Br][Re].[CH-]=O.[CH-]=O.[CH-]=O. The Balaban J connectivity index is -0.000000135. The number of pyridine rings is 2. The van der Waals surface area contributed by atoms with Gasteiger partial charge in [-0.15, -0.1) is 0 Å². The molecular formula is C17H23BrN4O3Re-3. The van der Waals surface area contributed by atoms with Gasteiger partial charge >= 0.3 is 30.6 Å². The zero-order chi connectivity index (χ0) is 21.4. The molecule has 0 bridgehead atoms. The van der Waals surface area contributed by atoms with Crippen LogP contribution >= 0.6 is 13.4 Å². The number of halogens is 1. The molecule has 0 fully saturated rings. The zero-order valence-corrected chi connectivity index (χ0v) is 19.4. The maximum Gasteiger partial charge on any atom is -0.282 e. The summed E-state index contributed by atoms with van der Waals surface area (Å²) >= 11 is 4.53. The van der Waals surface area contributed by atoms with Gasteiger partial charge in [0.05, 0.1) is 0 Å². The Morgan fingerprint density at radius 2 is 0.846 bits per heavy atom. The summed E-state index contributed by atoms with van der Waals surface area (Å²) in [6, 6.07) is 7.89. The quantitative estimate of drug-likeness (QED) is 0.388. The van der Waals surface area contributed by atoms with E-state index in [2.05, 4.69) is 43.8 Å². The summed E-state index contributed by atoms with van der Waals surface area (Å²) in [5, 5.41) is 0. The van der Waals surface area contributed by atoms with E-state index in [1.54, 1.807) is 24.8 Å². The zero-order valence-electron chi connectivity index (χ0n) is 15.1. The number of rotatable bonds is 2. The Kier molecular flexibility index (Phi) is 34.1. The van der Waals surface area contributed by atoms with Crippen LogP contribution in [-0.4, -0.2) is 58.5 Å². The third kappa shape index (κ3) is 20.1. The minimum atomic E-state index is 1.19. The van der Waals surface area contributed by atoms with Crippen molar-refractivity contribution >= 4 is 45.2 Å². The molecule has 0 amide bonds. The molecule has 0 aliphatic heterocycles. The first-order valence-corrected chi connectivity index (χ1v) is 12.5. The van der Waals surface area contributed by atoms with Gasteiger partial charge in [0.15, 0.2) is 0 Å². The van der Waals surface area contributed by atoms with E-state index < -0.39 is 0 Å². The molecule has 26 heavy (non-hydrogen) atoms. The monoisotopic (exact) mass is 597 g/mol. The van der Waals surface area contributed by atoms with E-state index in [9.17, 15) is 0 Å². The van der Waals surface area contributed by atoms with Crippen molar-refractivity contribution in [3.05, 3.63) is 49.1 Å². The van der Waals surface area contributed by atoms with Crippen LogP contribution in [0.1, 0.15) is 0 Å². The minimum Gasteiger partial charge on any atom is -0.545 e. The van der Waals surface area contributed by atoms with Crippen molar-refractivity contribution in [3.8, 4) is 0 Å². The van der Waals surface area contributed by atoms with Crippen molar-refractivity contribution in [1.29, 1.82) is 0 Å². The molecule has 0 atom stereocenters. The molecule has 0 aliphatic rings. The number of hydrogen-bond acceptors (Lipinski definition) is 7. The summed E-state index contributed by atoms with van der Waals surface area (Å²) < 4.78 is 0. The molecule has 2 aromatic rings. The summed E-state index contributed by atoms with van der Waals surface area (Å²) in [5.74, 6) is 0. The van der Waals surface area contributed by atoms with Crippen LogP contribution in [0.25, 0.3) is 0 Å². The molecule has 0 radical (unpaired) electrons. The number of hydrogen-bond donors (Lipinski definition) is 0. The van der Waals surface area contributed by atoms with Gasteiger partial charge in [-0.05, 0) is 24.3 Å². The van der Waals surface area contributed by atoms with Gasteiger partial charge in [-0.1, -0.05) is 0 Å². The Morgan fingerprint density at radius 1 is 0.654 bits per heavy atom.